The van der Waals surface area contributed by atoms with Crippen LogP contribution in [0, 0.1) is 5.82 Å². The van der Waals surface area contributed by atoms with E-state index in [4.69, 9.17) is 0 Å². The highest BCUT2D eigenvalue weighted by Crippen LogP contribution is 2.29. The SMILES string of the molecule is Cl.O=c1[nH]nc(-c2cc3cccc(F)c3c(N[C@H]3CCNC3)n2)[nH]1. The number of nitrogens with one attached hydrogen (secondary N) is 4. The van der Waals surface area contributed by atoms with Crippen LogP contribution >= 0.6 is 12.4 Å². The average Bonchev–Trinajstić information content (AvgIpc) is 3.19. The summed E-state index contributed by atoms with van der Waals surface area (Å²) in [6, 6.07) is 6.78. The van der Waals surface area contributed by atoms with Crippen molar-refractivity contribution < 1.29 is 4.39 Å². The van der Waals surface area contributed by atoms with E-state index in [1.807, 2.05) is 6.07 Å². The molecule has 9 heteroatoms. The molecule has 0 bridgehead atoms. The summed E-state index contributed by atoms with van der Waals surface area (Å²) in [5.41, 5.74) is 0.0746. The highest BCUT2D eigenvalue weighted by Gasteiger charge is 2.19. The maximum atomic E-state index is 14.3. The molecule has 0 unspecified atom stereocenters. The minimum atomic E-state index is -0.407. The Labute approximate surface area is 142 Å². The number of H-pyrrole nitrogens is 2. The number of anilines is 1. The molecule has 4 N–H and O–H groups in total. The Bertz CT molecular complexity index is 918. The highest BCUT2D eigenvalue weighted by atomic mass is 35.5. The molecule has 1 fully saturated rings. The van der Waals surface area contributed by atoms with Gasteiger partial charge in [-0.25, -0.2) is 19.3 Å². The molecule has 2 aromatic heterocycles. The Morgan fingerprint density at radius 3 is 2.92 bits per heavy atom. The van der Waals surface area contributed by atoms with E-state index >= 15 is 0 Å². The van der Waals surface area contributed by atoms with E-state index in [1.54, 1.807) is 12.1 Å². The summed E-state index contributed by atoms with van der Waals surface area (Å²) in [6.45, 7) is 1.73. The van der Waals surface area contributed by atoms with Crippen LogP contribution in [0.3, 0.4) is 0 Å². The lowest BCUT2D eigenvalue weighted by atomic mass is 10.1. The van der Waals surface area contributed by atoms with Gasteiger partial charge >= 0.3 is 5.69 Å². The first-order chi connectivity index (χ1) is 11.2. The van der Waals surface area contributed by atoms with Gasteiger partial charge in [-0.2, -0.15) is 5.10 Å². The number of pyridine rings is 1. The van der Waals surface area contributed by atoms with Crippen molar-refractivity contribution in [1.29, 1.82) is 0 Å². The Kier molecular flexibility index (Phi) is 4.50. The maximum Gasteiger partial charge on any atom is 0.340 e. The van der Waals surface area contributed by atoms with Crippen molar-refractivity contribution >= 4 is 29.0 Å². The fourth-order valence-electron chi connectivity index (χ4n) is 2.86. The van der Waals surface area contributed by atoms with Gasteiger partial charge in [-0.3, -0.25) is 4.98 Å². The molecule has 126 valence electrons. The predicted molar refractivity (Wildman–Crippen MR) is 92.0 cm³/mol. The summed E-state index contributed by atoms with van der Waals surface area (Å²) in [5, 5.41) is 13.9. The van der Waals surface area contributed by atoms with Gasteiger partial charge in [0, 0.05) is 12.6 Å². The molecule has 24 heavy (non-hydrogen) atoms. The molecule has 3 aromatic rings. The Balaban J connectivity index is 0.00000169. The molecular formula is C15H16ClFN6O. The fourth-order valence-corrected chi connectivity index (χ4v) is 2.86. The average molecular weight is 351 g/mol. The van der Waals surface area contributed by atoms with E-state index < -0.39 is 5.69 Å². The van der Waals surface area contributed by atoms with Crippen molar-refractivity contribution in [3.8, 4) is 11.5 Å². The maximum absolute atomic E-state index is 14.3. The van der Waals surface area contributed by atoms with Gasteiger partial charge in [0.05, 0.1) is 5.39 Å². The fraction of sp³-hybridized carbons (Fsp3) is 0.267. The Morgan fingerprint density at radius 2 is 2.21 bits per heavy atom. The van der Waals surface area contributed by atoms with Gasteiger partial charge in [0.2, 0.25) is 0 Å². The van der Waals surface area contributed by atoms with Gasteiger partial charge in [-0.15, -0.1) is 12.4 Å². The van der Waals surface area contributed by atoms with Gasteiger partial charge in [-0.1, -0.05) is 12.1 Å². The molecule has 1 aliphatic rings. The summed E-state index contributed by atoms with van der Waals surface area (Å²) in [6.07, 6.45) is 0.946. The molecule has 1 saturated heterocycles. The zero-order chi connectivity index (χ0) is 15.8. The molecule has 0 aliphatic carbocycles. The largest absolute Gasteiger partial charge is 0.365 e. The second-order valence-corrected chi connectivity index (χ2v) is 5.55. The van der Waals surface area contributed by atoms with Gasteiger partial charge in [-0.05, 0) is 30.5 Å². The lowest BCUT2D eigenvalue weighted by Gasteiger charge is -2.15. The molecule has 0 amide bonds. The molecule has 1 atom stereocenters. The first-order valence-corrected chi connectivity index (χ1v) is 7.42. The van der Waals surface area contributed by atoms with E-state index in [0.717, 1.165) is 19.5 Å². The number of rotatable bonds is 3. The topological polar surface area (TPSA) is 98.5 Å². The van der Waals surface area contributed by atoms with Crippen LogP contribution in [-0.4, -0.2) is 39.3 Å². The van der Waals surface area contributed by atoms with E-state index in [1.165, 1.54) is 6.07 Å². The van der Waals surface area contributed by atoms with Gasteiger partial charge in [0.15, 0.2) is 5.82 Å². The number of fused-ring (bicyclic) bond motifs is 1. The monoisotopic (exact) mass is 350 g/mol. The smallest absolute Gasteiger partial charge is 0.340 e. The number of benzene rings is 1. The van der Waals surface area contributed by atoms with E-state index in [9.17, 15) is 9.18 Å². The third-order valence-electron chi connectivity index (χ3n) is 3.95. The van der Waals surface area contributed by atoms with Crippen molar-refractivity contribution in [2.24, 2.45) is 0 Å². The lowest BCUT2D eigenvalue weighted by molar-refractivity contribution is 0.639. The number of halogens is 2. The first-order valence-electron chi connectivity index (χ1n) is 7.42. The van der Waals surface area contributed by atoms with Crippen molar-refractivity contribution in [3.05, 3.63) is 40.6 Å². The molecule has 1 aliphatic heterocycles. The number of nitrogens with zero attached hydrogens (tertiary/aromatic N) is 2. The van der Waals surface area contributed by atoms with Crippen molar-refractivity contribution in [1.82, 2.24) is 25.5 Å². The van der Waals surface area contributed by atoms with Crippen LogP contribution in [0.4, 0.5) is 10.2 Å². The quantitative estimate of drug-likeness (QED) is 0.575. The van der Waals surface area contributed by atoms with Gasteiger partial charge in [0.25, 0.3) is 0 Å². The molecule has 1 aromatic carbocycles. The first kappa shape index (κ1) is 16.4. The van der Waals surface area contributed by atoms with Crippen LogP contribution in [0.15, 0.2) is 29.1 Å². The second-order valence-electron chi connectivity index (χ2n) is 5.55. The van der Waals surface area contributed by atoms with Crippen molar-refractivity contribution in [2.75, 3.05) is 18.4 Å². The second kappa shape index (κ2) is 6.58. The lowest BCUT2D eigenvalue weighted by Crippen LogP contribution is -2.23. The van der Waals surface area contributed by atoms with Crippen LogP contribution in [0.25, 0.3) is 22.3 Å². The van der Waals surface area contributed by atoms with E-state index in [2.05, 4.69) is 30.8 Å². The van der Waals surface area contributed by atoms with Crippen LogP contribution in [0.2, 0.25) is 0 Å². The molecule has 0 spiro atoms. The van der Waals surface area contributed by atoms with Crippen LogP contribution < -0.4 is 16.3 Å². The Morgan fingerprint density at radius 1 is 1.33 bits per heavy atom. The summed E-state index contributed by atoms with van der Waals surface area (Å²) in [7, 11) is 0. The number of aromatic amines is 2. The van der Waals surface area contributed by atoms with Crippen LogP contribution in [0.5, 0.6) is 0 Å². The van der Waals surface area contributed by atoms with Gasteiger partial charge < -0.3 is 10.6 Å². The van der Waals surface area contributed by atoms with E-state index in [-0.39, 0.29) is 24.3 Å². The summed E-state index contributed by atoms with van der Waals surface area (Å²) < 4.78 is 14.3. The van der Waals surface area contributed by atoms with Crippen LogP contribution in [-0.2, 0) is 0 Å². The zero-order valence-corrected chi connectivity index (χ0v) is 13.4. The number of hydrogen-bond acceptors (Lipinski definition) is 5. The van der Waals surface area contributed by atoms with Gasteiger partial charge in [0.1, 0.15) is 17.3 Å². The molecule has 3 heterocycles. The summed E-state index contributed by atoms with van der Waals surface area (Å²) >= 11 is 0. The molecular weight excluding hydrogens is 335 g/mol. The predicted octanol–water partition coefficient (Wildman–Crippen LogP) is 1.65. The minimum Gasteiger partial charge on any atom is -0.365 e. The van der Waals surface area contributed by atoms with Crippen molar-refractivity contribution in [2.45, 2.75) is 12.5 Å². The summed E-state index contributed by atoms with van der Waals surface area (Å²) in [5.74, 6) is 0.465. The summed E-state index contributed by atoms with van der Waals surface area (Å²) in [4.78, 5) is 18.3. The minimum absolute atomic E-state index is 0. The molecule has 0 radical (unpaired) electrons. The van der Waals surface area contributed by atoms with Crippen LogP contribution in [0.1, 0.15) is 6.42 Å². The van der Waals surface area contributed by atoms with E-state index in [0.29, 0.717) is 28.1 Å². The molecule has 4 rings (SSSR count). The Hall–Kier alpha value is -2.45. The third kappa shape index (κ3) is 2.98. The van der Waals surface area contributed by atoms with Crippen molar-refractivity contribution in [3.63, 3.8) is 0 Å². The number of aromatic nitrogens is 4. The highest BCUT2D eigenvalue weighted by molar-refractivity contribution is 5.94. The molecule has 7 nitrogen and oxygen atoms in total. The molecule has 0 saturated carbocycles. The zero-order valence-electron chi connectivity index (χ0n) is 12.6. The number of hydrogen-bond donors (Lipinski definition) is 4. The standard InChI is InChI=1S/C15H15FN6O.ClH/c16-10-3-1-2-8-6-11(13-20-15(23)22-21-13)19-14(12(8)10)18-9-4-5-17-7-9;/h1-3,6,9,17H,4-5,7H2,(H,18,19)(H2,20,21,22,23);1H/t9-;/m0./s1. The normalized spacial score (nSPS) is 17.0. The third-order valence-corrected chi connectivity index (χ3v) is 3.95.